The van der Waals surface area contributed by atoms with Gasteiger partial charge in [0.2, 0.25) is 0 Å². The van der Waals surface area contributed by atoms with Crippen molar-refractivity contribution in [1.29, 1.82) is 0 Å². The molecule has 0 radical (unpaired) electrons. The van der Waals surface area contributed by atoms with Crippen LogP contribution in [0, 0.1) is 0 Å². The molecule has 0 bridgehead atoms. The minimum Gasteiger partial charge on any atom is -0.0613 e. The van der Waals surface area contributed by atoms with Crippen molar-refractivity contribution in [2.45, 2.75) is 79.1 Å². The highest BCUT2D eigenvalue weighted by Crippen LogP contribution is 2.34. The summed E-state index contributed by atoms with van der Waals surface area (Å²) in [5.41, 5.74) is 6.40. The van der Waals surface area contributed by atoms with Crippen LogP contribution < -0.4 is 0 Å². The molecule has 0 fully saturated rings. The summed E-state index contributed by atoms with van der Waals surface area (Å²) in [4.78, 5) is 0. The number of benzene rings is 1. The maximum absolute atomic E-state index is 2.44. The van der Waals surface area contributed by atoms with Gasteiger partial charge in [-0.3, -0.25) is 0 Å². The van der Waals surface area contributed by atoms with Crippen molar-refractivity contribution in [3.63, 3.8) is 0 Å². The Morgan fingerprint density at radius 1 is 0.944 bits per heavy atom. The number of hydrogen-bond donors (Lipinski definition) is 0. The first-order chi connectivity index (χ1) is 8.18. The molecule has 0 aliphatic heterocycles. The summed E-state index contributed by atoms with van der Waals surface area (Å²) in [6.45, 7) is 18.5. The molecule has 0 N–H and O–H groups in total. The average molecular weight is 246 g/mol. The molecule has 102 valence electrons. The molecule has 0 spiro atoms. The highest BCUT2D eigenvalue weighted by atomic mass is 14.3. The third-order valence-electron chi connectivity index (χ3n) is 3.74. The molecule has 0 saturated heterocycles. The van der Waals surface area contributed by atoms with E-state index in [2.05, 4.69) is 67.5 Å². The van der Waals surface area contributed by atoms with Crippen LogP contribution in [0.4, 0.5) is 0 Å². The predicted octanol–water partition coefficient (Wildman–Crippen LogP) is 5.79. The quantitative estimate of drug-likeness (QED) is 0.633. The first-order valence-corrected chi connectivity index (χ1v) is 7.35. The SMILES string of the molecule is CCc1cc(C(C)(C)C)cc(C(C)C)c1C(C)C. The van der Waals surface area contributed by atoms with Crippen LogP contribution in [0.5, 0.6) is 0 Å². The number of hydrogen-bond acceptors (Lipinski definition) is 0. The fourth-order valence-corrected chi connectivity index (χ4v) is 2.65. The van der Waals surface area contributed by atoms with E-state index in [0.29, 0.717) is 11.8 Å². The van der Waals surface area contributed by atoms with Gasteiger partial charge in [-0.25, -0.2) is 0 Å². The molecular weight excluding hydrogens is 216 g/mol. The van der Waals surface area contributed by atoms with E-state index in [1.54, 1.807) is 16.7 Å². The molecule has 1 aromatic carbocycles. The minimum atomic E-state index is 0.239. The average Bonchev–Trinajstić information content (AvgIpc) is 2.25. The van der Waals surface area contributed by atoms with E-state index in [4.69, 9.17) is 0 Å². The van der Waals surface area contributed by atoms with Gasteiger partial charge in [0.15, 0.2) is 0 Å². The van der Waals surface area contributed by atoms with Crippen molar-refractivity contribution in [2.24, 2.45) is 0 Å². The Balaban J connectivity index is 3.54. The van der Waals surface area contributed by atoms with Crippen molar-refractivity contribution in [1.82, 2.24) is 0 Å². The van der Waals surface area contributed by atoms with Crippen LogP contribution in [0.15, 0.2) is 12.1 Å². The molecular formula is C18H30. The molecule has 0 amide bonds. The third-order valence-corrected chi connectivity index (χ3v) is 3.74. The molecule has 0 unspecified atom stereocenters. The lowest BCUT2D eigenvalue weighted by Gasteiger charge is -2.26. The van der Waals surface area contributed by atoms with Gasteiger partial charge in [-0.2, -0.15) is 0 Å². The molecule has 18 heavy (non-hydrogen) atoms. The van der Waals surface area contributed by atoms with Crippen molar-refractivity contribution in [3.05, 3.63) is 34.4 Å². The highest BCUT2D eigenvalue weighted by molar-refractivity contribution is 5.44. The van der Waals surface area contributed by atoms with E-state index < -0.39 is 0 Å². The zero-order valence-corrected chi connectivity index (χ0v) is 13.5. The summed E-state index contributed by atoms with van der Waals surface area (Å²) in [7, 11) is 0. The standard InChI is InChI=1S/C18H30/c1-9-14-10-15(18(6,7)8)11-16(12(2)3)17(14)13(4)5/h10-13H,9H2,1-8H3. The molecule has 1 rings (SSSR count). The lowest BCUT2D eigenvalue weighted by molar-refractivity contribution is 0.586. The largest absolute Gasteiger partial charge is 0.0613 e. The van der Waals surface area contributed by atoms with Gasteiger partial charge in [-0.15, -0.1) is 0 Å². The lowest BCUT2D eigenvalue weighted by Crippen LogP contribution is -2.14. The summed E-state index contributed by atoms with van der Waals surface area (Å²) in [6, 6.07) is 4.88. The second-order valence-electron chi connectivity index (χ2n) is 7.05. The molecule has 0 heterocycles. The normalized spacial score (nSPS) is 12.6. The van der Waals surface area contributed by atoms with Gasteiger partial charge in [0.25, 0.3) is 0 Å². The Labute approximate surface area is 114 Å². The maximum atomic E-state index is 2.44. The molecule has 0 nitrogen and oxygen atoms in total. The van der Waals surface area contributed by atoms with Crippen molar-refractivity contribution in [2.75, 3.05) is 0 Å². The third kappa shape index (κ3) is 3.16. The lowest BCUT2D eigenvalue weighted by atomic mass is 9.78. The van der Waals surface area contributed by atoms with E-state index in [-0.39, 0.29) is 5.41 Å². The van der Waals surface area contributed by atoms with E-state index in [9.17, 15) is 0 Å². The molecule has 0 aliphatic carbocycles. The predicted molar refractivity (Wildman–Crippen MR) is 82.7 cm³/mol. The van der Waals surface area contributed by atoms with Crippen LogP contribution in [-0.2, 0) is 11.8 Å². The molecule has 0 heteroatoms. The summed E-state index contributed by atoms with van der Waals surface area (Å²) >= 11 is 0. The van der Waals surface area contributed by atoms with Crippen LogP contribution in [0.1, 0.15) is 89.5 Å². The fraction of sp³-hybridized carbons (Fsp3) is 0.667. The Morgan fingerprint density at radius 3 is 1.83 bits per heavy atom. The second kappa shape index (κ2) is 5.47. The Hall–Kier alpha value is -0.780. The zero-order chi connectivity index (χ0) is 14.1. The topological polar surface area (TPSA) is 0 Å². The number of rotatable bonds is 3. The number of aryl methyl sites for hydroxylation is 1. The smallest absolute Gasteiger partial charge is 0.0132 e. The van der Waals surface area contributed by atoms with E-state index >= 15 is 0 Å². The van der Waals surface area contributed by atoms with Crippen molar-refractivity contribution in [3.8, 4) is 0 Å². The Kier molecular flexibility index (Phi) is 4.64. The molecule has 0 aliphatic rings. The van der Waals surface area contributed by atoms with Gasteiger partial charge in [0.1, 0.15) is 0 Å². The van der Waals surface area contributed by atoms with Crippen LogP contribution in [0.3, 0.4) is 0 Å². The summed E-state index contributed by atoms with van der Waals surface area (Å²) in [5, 5.41) is 0. The summed E-state index contributed by atoms with van der Waals surface area (Å²) < 4.78 is 0. The van der Waals surface area contributed by atoms with Crippen LogP contribution in [0.2, 0.25) is 0 Å². The Bertz CT molecular complexity index is 403. The Morgan fingerprint density at radius 2 is 1.50 bits per heavy atom. The molecule has 0 atom stereocenters. The van der Waals surface area contributed by atoms with Crippen LogP contribution >= 0.6 is 0 Å². The van der Waals surface area contributed by atoms with Gasteiger partial charge in [0.05, 0.1) is 0 Å². The monoisotopic (exact) mass is 246 g/mol. The van der Waals surface area contributed by atoms with Gasteiger partial charge in [0, 0.05) is 0 Å². The fourth-order valence-electron chi connectivity index (χ4n) is 2.65. The van der Waals surface area contributed by atoms with Gasteiger partial charge >= 0.3 is 0 Å². The molecule has 0 saturated carbocycles. The summed E-state index contributed by atoms with van der Waals surface area (Å²) in [5.74, 6) is 1.22. The van der Waals surface area contributed by atoms with Crippen LogP contribution in [0.25, 0.3) is 0 Å². The van der Waals surface area contributed by atoms with Crippen molar-refractivity contribution < 1.29 is 0 Å². The van der Waals surface area contributed by atoms with E-state index in [1.807, 2.05) is 0 Å². The maximum Gasteiger partial charge on any atom is -0.0132 e. The van der Waals surface area contributed by atoms with E-state index in [0.717, 1.165) is 6.42 Å². The minimum absolute atomic E-state index is 0.239. The van der Waals surface area contributed by atoms with Crippen molar-refractivity contribution >= 4 is 0 Å². The zero-order valence-electron chi connectivity index (χ0n) is 13.5. The van der Waals surface area contributed by atoms with Gasteiger partial charge < -0.3 is 0 Å². The molecule has 0 aromatic heterocycles. The van der Waals surface area contributed by atoms with E-state index in [1.165, 1.54) is 5.56 Å². The van der Waals surface area contributed by atoms with Gasteiger partial charge in [-0.05, 0) is 45.9 Å². The first-order valence-electron chi connectivity index (χ1n) is 7.35. The second-order valence-corrected chi connectivity index (χ2v) is 7.05. The van der Waals surface area contributed by atoms with Crippen LogP contribution in [-0.4, -0.2) is 0 Å². The van der Waals surface area contributed by atoms with Gasteiger partial charge in [-0.1, -0.05) is 67.5 Å². The first kappa shape index (κ1) is 15.3. The highest BCUT2D eigenvalue weighted by Gasteiger charge is 2.20. The molecule has 1 aromatic rings. The summed E-state index contributed by atoms with van der Waals surface area (Å²) in [6.07, 6.45) is 1.14.